The lowest BCUT2D eigenvalue weighted by atomic mass is 10.2. The van der Waals surface area contributed by atoms with Crippen LogP contribution in [0, 0.1) is 0 Å². The van der Waals surface area contributed by atoms with Crippen molar-refractivity contribution in [3.05, 3.63) is 54.1 Å². The van der Waals surface area contributed by atoms with E-state index < -0.39 is 0 Å². The van der Waals surface area contributed by atoms with Crippen molar-refractivity contribution in [2.75, 3.05) is 44.5 Å². The molecule has 2 N–H and O–H groups in total. The van der Waals surface area contributed by atoms with E-state index in [1.54, 1.807) is 38.4 Å². The van der Waals surface area contributed by atoms with E-state index in [2.05, 4.69) is 10.6 Å². The molecule has 2 aromatic rings. The van der Waals surface area contributed by atoms with Crippen LogP contribution < -0.4 is 15.4 Å². The quantitative estimate of drug-likeness (QED) is 0.716. The highest BCUT2D eigenvalue weighted by Gasteiger charge is 2.16. The fourth-order valence-electron chi connectivity index (χ4n) is 3.00. The molecule has 0 aromatic heterocycles. The zero-order valence-corrected chi connectivity index (χ0v) is 16.8. The molecule has 2 amide bonds. The Balaban J connectivity index is 1.46. The summed E-state index contributed by atoms with van der Waals surface area (Å²) >= 11 is 0. The molecule has 7 nitrogen and oxygen atoms in total. The van der Waals surface area contributed by atoms with E-state index >= 15 is 0 Å². The van der Waals surface area contributed by atoms with E-state index in [4.69, 9.17) is 9.47 Å². The van der Waals surface area contributed by atoms with Crippen LogP contribution in [0.15, 0.2) is 48.5 Å². The molecule has 0 bridgehead atoms. The first kappa shape index (κ1) is 20.7. The molecular formula is C22H27N3O4. The number of hydrogen-bond donors (Lipinski definition) is 2. The monoisotopic (exact) mass is 397 g/mol. The molecule has 1 saturated heterocycles. The molecule has 0 radical (unpaired) electrons. The smallest absolute Gasteiger partial charge is 0.253 e. The van der Waals surface area contributed by atoms with Crippen LogP contribution in [-0.2, 0) is 9.53 Å². The SMILES string of the molecule is CN(C)C(=O)c1ccc(NC(=O)CNc2cccc(OCC3CCCO3)c2)cc1. The molecular weight excluding hydrogens is 370 g/mol. The third-order valence-electron chi connectivity index (χ3n) is 4.57. The van der Waals surface area contributed by atoms with Crippen molar-refractivity contribution in [1.82, 2.24) is 4.90 Å². The molecule has 1 atom stereocenters. The van der Waals surface area contributed by atoms with E-state index in [-0.39, 0.29) is 24.5 Å². The molecule has 7 heteroatoms. The van der Waals surface area contributed by atoms with Crippen molar-refractivity contribution in [1.29, 1.82) is 0 Å². The summed E-state index contributed by atoms with van der Waals surface area (Å²) in [5, 5.41) is 5.90. The fraction of sp³-hybridized carbons (Fsp3) is 0.364. The van der Waals surface area contributed by atoms with E-state index in [0.717, 1.165) is 30.9 Å². The predicted molar refractivity (Wildman–Crippen MR) is 112 cm³/mol. The van der Waals surface area contributed by atoms with Gasteiger partial charge in [0.2, 0.25) is 5.91 Å². The fourth-order valence-corrected chi connectivity index (χ4v) is 3.00. The minimum absolute atomic E-state index is 0.0777. The van der Waals surface area contributed by atoms with Gasteiger partial charge in [0.05, 0.1) is 12.6 Å². The number of amides is 2. The van der Waals surface area contributed by atoms with Gasteiger partial charge in [-0.3, -0.25) is 9.59 Å². The van der Waals surface area contributed by atoms with Gasteiger partial charge in [0.1, 0.15) is 12.4 Å². The zero-order valence-electron chi connectivity index (χ0n) is 16.8. The average Bonchev–Trinajstić information content (AvgIpc) is 3.25. The van der Waals surface area contributed by atoms with Crippen LogP contribution >= 0.6 is 0 Å². The normalized spacial score (nSPS) is 15.6. The summed E-state index contributed by atoms with van der Waals surface area (Å²) in [6, 6.07) is 14.3. The van der Waals surface area contributed by atoms with E-state index in [1.165, 1.54) is 4.90 Å². The zero-order chi connectivity index (χ0) is 20.6. The maximum atomic E-state index is 12.2. The van der Waals surface area contributed by atoms with Gasteiger partial charge >= 0.3 is 0 Å². The first-order valence-corrected chi connectivity index (χ1v) is 9.71. The molecule has 1 unspecified atom stereocenters. The lowest BCUT2D eigenvalue weighted by Crippen LogP contribution is -2.23. The summed E-state index contributed by atoms with van der Waals surface area (Å²) in [5.41, 5.74) is 2.02. The molecule has 2 aromatic carbocycles. The molecule has 3 rings (SSSR count). The highest BCUT2D eigenvalue weighted by atomic mass is 16.5. The van der Waals surface area contributed by atoms with Gasteiger partial charge < -0.3 is 25.0 Å². The summed E-state index contributed by atoms with van der Waals surface area (Å²) in [6.07, 6.45) is 2.28. The number of nitrogens with one attached hydrogen (secondary N) is 2. The second-order valence-corrected chi connectivity index (χ2v) is 7.15. The van der Waals surface area contributed by atoms with Crippen molar-refractivity contribution in [2.45, 2.75) is 18.9 Å². The van der Waals surface area contributed by atoms with Gasteiger partial charge in [0.15, 0.2) is 0 Å². The van der Waals surface area contributed by atoms with Gasteiger partial charge in [-0.1, -0.05) is 6.07 Å². The van der Waals surface area contributed by atoms with Crippen molar-refractivity contribution >= 4 is 23.2 Å². The van der Waals surface area contributed by atoms with Crippen LogP contribution in [0.5, 0.6) is 5.75 Å². The first-order chi connectivity index (χ1) is 14.0. The van der Waals surface area contributed by atoms with E-state index in [9.17, 15) is 9.59 Å². The largest absolute Gasteiger partial charge is 0.491 e. The van der Waals surface area contributed by atoms with E-state index in [1.807, 2.05) is 24.3 Å². The number of benzene rings is 2. The van der Waals surface area contributed by atoms with Gasteiger partial charge in [-0.2, -0.15) is 0 Å². The van der Waals surface area contributed by atoms with Crippen molar-refractivity contribution in [3.8, 4) is 5.75 Å². The Bertz CT molecular complexity index is 830. The highest BCUT2D eigenvalue weighted by Crippen LogP contribution is 2.19. The number of ether oxygens (including phenoxy) is 2. The Morgan fingerprint density at radius 1 is 1.14 bits per heavy atom. The molecule has 1 aliphatic heterocycles. The molecule has 154 valence electrons. The number of anilines is 2. The van der Waals surface area contributed by atoms with Crippen LogP contribution in [-0.4, -0.2) is 56.7 Å². The molecule has 1 heterocycles. The van der Waals surface area contributed by atoms with Crippen LogP contribution in [0.2, 0.25) is 0 Å². The minimum Gasteiger partial charge on any atom is -0.491 e. The second kappa shape index (κ2) is 9.93. The number of carbonyl (C=O) groups excluding carboxylic acids is 2. The van der Waals surface area contributed by atoms with Crippen LogP contribution in [0.3, 0.4) is 0 Å². The van der Waals surface area contributed by atoms with Crippen molar-refractivity contribution < 1.29 is 19.1 Å². The summed E-state index contributed by atoms with van der Waals surface area (Å²) in [4.78, 5) is 25.6. The summed E-state index contributed by atoms with van der Waals surface area (Å²) in [6.45, 7) is 1.46. The Morgan fingerprint density at radius 2 is 1.93 bits per heavy atom. The van der Waals surface area contributed by atoms with Crippen LogP contribution in [0.4, 0.5) is 11.4 Å². The molecule has 29 heavy (non-hydrogen) atoms. The summed E-state index contributed by atoms with van der Waals surface area (Å²) < 4.78 is 11.3. The molecule has 1 fully saturated rings. The average molecular weight is 397 g/mol. The molecule has 0 aliphatic carbocycles. The Hall–Kier alpha value is -3.06. The molecule has 0 spiro atoms. The molecule has 1 aliphatic rings. The van der Waals surface area contributed by atoms with Crippen LogP contribution in [0.25, 0.3) is 0 Å². The van der Waals surface area contributed by atoms with Gasteiger partial charge in [0.25, 0.3) is 5.91 Å². The first-order valence-electron chi connectivity index (χ1n) is 9.71. The number of nitrogens with zero attached hydrogens (tertiary/aromatic N) is 1. The maximum Gasteiger partial charge on any atom is 0.253 e. The highest BCUT2D eigenvalue weighted by molar-refractivity contribution is 5.96. The number of rotatable bonds is 8. The lowest BCUT2D eigenvalue weighted by Gasteiger charge is -2.13. The van der Waals surface area contributed by atoms with Gasteiger partial charge in [-0.05, 0) is 49.2 Å². The summed E-state index contributed by atoms with van der Waals surface area (Å²) in [5.74, 6) is 0.487. The second-order valence-electron chi connectivity index (χ2n) is 7.15. The Kier molecular flexibility index (Phi) is 7.08. The predicted octanol–water partition coefficient (Wildman–Crippen LogP) is 3.00. The standard InChI is InChI=1S/C22H27N3O4/c1-25(2)22(27)16-8-10-17(11-9-16)24-21(26)14-23-18-5-3-6-19(13-18)29-15-20-7-4-12-28-20/h3,5-6,8-11,13,20,23H,4,7,12,14-15H2,1-2H3,(H,24,26). The van der Waals surface area contributed by atoms with Crippen LogP contribution in [0.1, 0.15) is 23.2 Å². The minimum atomic E-state index is -0.178. The third-order valence-corrected chi connectivity index (χ3v) is 4.57. The van der Waals surface area contributed by atoms with Gasteiger partial charge in [0, 0.05) is 43.7 Å². The Labute approximate surface area is 171 Å². The Morgan fingerprint density at radius 3 is 2.62 bits per heavy atom. The number of carbonyl (C=O) groups is 2. The van der Waals surface area contributed by atoms with Crippen molar-refractivity contribution in [3.63, 3.8) is 0 Å². The maximum absolute atomic E-state index is 12.2. The van der Waals surface area contributed by atoms with Crippen molar-refractivity contribution in [2.24, 2.45) is 0 Å². The van der Waals surface area contributed by atoms with Gasteiger partial charge in [-0.25, -0.2) is 0 Å². The lowest BCUT2D eigenvalue weighted by molar-refractivity contribution is -0.114. The third kappa shape index (κ3) is 6.22. The summed E-state index contributed by atoms with van der Waals surface area (Å²) in [7, 11) is 3.40. The molecule has 0 saturated carbocycles. The number of hydrogen-bond acceptors (Lipinski definition) is 5. The topological polar surface area (TPSA) is 79.9 Å². The van der Waals surface area contributed by atoms with Gasteiger partial charge in [-0.15, -0.1) is 0 Å². The van der Waals surface area contributed by atoms with E-state index in [0.29, 0.717) is 17.9 Å².